The molecule has 0 radical (unpaired) electrons. The van der Waals surface area contributed by atoms with Crippen molar-refractivity contribution in [1.82, 2.24) is 15.3 Å². The second-order valence-corrected chi connectivity index (χ2v) is 9.69. The molecule has 40 heavy (non-hydrogen) atoms. The van der Waals surface area contributed by atoms with Crippen LogP contribution in [0.15, 0.2) is 83.5 Å². The summed E-state index contributed by atoms with van der Waals surface area (Å²) in [5.74, 6) is 0.785. The third kappa shape index (κ3) is 6.56. The van der Waals surface area contributed by atoms with Gasteiger partial charge < -0.3 is 24.9 Å². The van der Waals surface area contributed by atoms with Gasteiger partial charge in [-0.1, -0.05) is 30.7 Å². The monoisotopic (exact) mass is 560 g/mol. The molecular formula is C30H26ClFN4O4. The lowest BCUT2D eigenvalue weighted by Gasteiger charge is -2.12. The van der Waals surface area contributed by atoms with Gasteiger partial charge in [-0.15, -0.1) is 0 Å². The lowest BCUT2D eigenvalue weighted by atomic mass is 10.1. The minimum absolute atomic E-state index is 0.190. The predicted octanol–water partition coefficient (Wildman–Crippen LogP) is 6.82. The number of rotatable bonds is 11. The molecule has 1 unspecified atom stereocenters. The van der Waals surface area contributed by atoms with Gasteiger partial charge in [-0.2, -0.15) is 0 Å². The van der Waals surface area contributed by atoms with Crippen LogP contribution in [-0.4, -0.2) is 27.6 Å². The number of nitrogens with one attached hydrogen (secondary N) is 2. The third-order valence-electron chi connectivity index (χ3n) is 6.23. The summed E-state index contributed by atoms with van der Waals surface area (Å²) in [7, 11) is 0. The van der Waals surface area contributed by atoms with Crippen molar-refractivity contribution in [1.29, 1.82) is 0 Å². The summed E-state index contributed by atoms with van der Waals surface area (Å²) in [6.07, 6.45) is 1.48. The number of halogens is 2. The number of furan rings is 1. The number of aromatic nitrogens is 2. The Hall–Kier alpha value is -4.47. The van der Waals surface area contributed by atoms with Crippen LogP contribution < -0.4 is 15.4 Å². The SMILES string of the molecule is CC(CNCc1ccc(-c2ccc3ncnc(Nc4ccc(OCc5cccc(F)c5)c(Cl)c4)c3c2)o1)C(=O)O. The van der Waals surface area contributed by atoms with E-state index in [2.05, 4.69) is 20.6 Å². The molecule has 5 aromatic rings. The number of hydrogen-bond donors (Lipinski definition) is 3. The molecule has 2 heterocycles. The molecule has 2 aromatic heterocycles. The molecule has 0 saturated heterocycles. The zero-order chi connectivity index (χ0) is 28.1. The number of carboxylic acids is 1. The van der Waals surface area contributed by atoms with Gasteiger partial charge in [-0.3, -0.25) is 4.79 Å². The largest absolute Gasteiger partial charge is 0.487 e. The summed E-state index contributed by atoms with van der Waals surface area (Å²) in [6.45, 7) is 2.61. The van der Waals surface area contributed by atoms with Crippen molar-refractivity contribution in [2.24, 2.45) is 5.92 Å². The summed E-state index contributed by atoms with van der Waals surface area (Å²) in [6, 6.07) is 21.0. The second-order valence-electron chi connectivity index (χ2n) is 9.28. The zero-order valence-corrected chi connectivity index (χ0v) is 22.3. The van der Waals surface area contributed by atoms with E-state index in [0.29, 0.717) is 52.5 Å². The Labute approximate surface area is 234 Å². The van der Waals surface area contributed by atoms with Crippen LogP contribution in [0.1, 0.15) is 18.2 Å². The molecule has 0 saturated carbocycles. The fraction of sp³-hybridized carbons (Fsp3) is 0.167. The lowest BCUT2D eigenvalue weighted by molar-refractivity contribution is -0.140. The summed E-state index contributed by atoms with van der Waals surface area (Å²) in [4.78, 5) is 19.8. The fourth-order valence-electron chi connectivity index (χ4n) is 4.06. The van der Waals surface area contributed by atoms with Crippen LogP contribution in [0.3, 0.4) is 0 Å². The van der Waals surface area contributed by atoms with E-state index in [9.17, 15) is 9.18 Å². The Kier molecular flexibility index (Phi) is 8.23. The van der Waals surface area contributed by atoms with Crippen molar-refractivity contribution in [2.75, 3.05) is 11.9 Å². The molecule has 0 amide bonds. The number of aliphatic carboxylic acids is 1. The number of carboxylic acid groups (broad SMARTS) is 1. The van der Waals surface area contributed by atoms with E-state index in [1.807, 2.05) is 36.4 Å². The first-order valence-electron chi connectivity index (χ1n) is 12.6. The van der Waals surface area contributed by atoms with E-state index in [-0.39, 0.29) is 12.4 Å². The Morgan fingerprint density at radius 1 is 1.10 bits per heavy atom. The molecule has 3 aromatic carbocycles. The van der Waals surface area contributed by atoms with Crippen LogP contribution in [0.2, 0.25) is 5.02 Å². The molecule has 0 spiro atoms. The smallest absolute Gasteiger partial charge is 0.307 e. The molecule has 8 nitrogen and oxygen atoms in total. The Morgan fingerprint density at radius 2 is 1.98 bits per heavy atom. The average Bonchev–Trinajstić information content (AvgIpc) is 3.41. The topological polar surface area (TPSA) is 110 Å². The summed E-state index contributed by atoms with van der Waals surface area (Å²) >= 11 is 6.47. The van der Waals surface area contributed by atoms with Gasteiger partial charge in [-0.05, 0) is 66.2 Å². The van der Waals surface area contributed by atoms with Gasteiger partial charge in [0.2, 0.25) is 0 Å². The molecule has 5 rings (SSSR count). The fourth-order valence-corrected chi connectivity index (χ4v) is 4.29. The number of nitrogens with zero attached hydrogens (tertiary/aromatic N) is 2. The van der Waals surface area contributed by atoms with Crippen LogP contribution in [0.4, 0.5) is 15.9 Å². The first-order chi connectivity index (χ1) is 19.4. The summed E-state index contributed by atoms with van der Waals surface area (Å²) in [5, 5.41) is 16.6. The molecule has 0 fully saturated rings. The van der Waals surface area contributed by atoms with Crippen molar-refractivity contribution >= 4 is 40.0 Å². The summed E-state index contributed by atoms with van der Waals surface area (Å²) in [5.41, 5.74) is 3.00. The van der Waals surface area contributed by atoms with E-state index in [0.717, 1.165) is 16.5 Å². The van der Waals surface area contributed by atoms with E-state index >= 15 is 0 Å². The number of carbonyl (C=O) groups is 1. The highest BCUT2D eigenvalue weighted by atomic mass is 35.5. The van der Waals surface area contributed by atoms with Crippen molar-refractivity contribution in [2.45, 2.75) is 20.1 Å². The quantitative estimate of drug-likeness (QED) is 0.161. The van der Waals surface area contributed by atoms with Gasteiger partial charge in [-0.25, -0.2) is 14.4 Å². The van der Waals surface area contributed by atoms with Crippen LogP contribution in [0, 0.1) is 11.7 Å². The highest BCUT2D eigenvalue weighted by molar-refractivity contribution is 6.32. The number of fused-ring (bicyclic) bond motifs is 1. The van der Waals surface area contributed by atoms with E-state index in [1.165, 1.54) is 18.5 Å². The van der Waals surface area contributed by atoms with Gasteiger partial charge in [0.15, 0.2) is 0 Å². The van der Waals surface area contributed by atoms with Crippen LogP contribution in [0.5, 0.6) is 5.75 Å². The molecule has 10 heteroatoms. The first-order valence-corrected chi connectivity index (χ1v) is 12.9. The van der Waals surface area contributed by atoms with Crippen LogP contribution in [-0.2, 0) is 17.9 Å². The zero-order valence-electron chi connectivity index (χ0n) is 21.5. The maximum Gasteiger partial charge on any atom is 0.307 e. The van der Waals surface area contributed by atoms with Gasteiger partial charge >= 0.3 is 5.97 Å². The number of hydrogen-bond acceptors (Lipinski definition) is 7. The summed E-state index contributed by atoms with van der Waals surface area (Å²) < 4.78 is 25.2. The number of ether oxygens (including phenoxy) is 1. The molecule has 204 valence electrons. The van der Waals surface area contributed by atoms with Crippen molar-refractivity contribution in [3.8, 4) is 17.1 Å². The number of benzene rings is 3. The minimum Gasteiger partial charge on any atom is -0.487 e. The van der Waals surface area contributed by atoms with E-state index in [4.69, 9.17) is 25.9 Å². The van der Waals surface area contributed by atoms with E-state index < -0.39 is 11.9 Å². The maximum absolute atomic E-state index is 13.4. The van der Waals surface area contributed by atoms with Gasteiger partial charge in [0, 0.05) is 23.2 Å². The Bertz CT molecular complexity index is 1660. The molecule has 0 aliphatic rings. The average molecular weight is 561 g/mol. The Morgan fingerprint density at radius 3 is 2.77 bits per heavy atom. The minimum atomic E-state index is -0.845. The normalized spacial score (nSPS) is 11.9. The molecular weight excluding hydrogens is 535 g/mol. The molecule has 0 aliphatic heterocycles. The van der Waals surface area contributed by atoms with Gasteiger partial charge in [0.05, 0.1) is 23.0 Å². The highest BCUT2D eigenvalue weighted by Crippen LogP contribution is 2.32. The van der Waals surface area contributed by atoms with Crippen molar-refractivity contribution in [3.05, 3.63) is 101 Å². The Balaban J connectivity index is 1.30. The van der Waals surface area contributed by atoms with Gasteiger partial charge in [0.25, 0.3) is 0 Å². The standard InChI is InChI=1S/C30H26ClFN4O4/c1-18(30(37)38)14-33-15-23-7-10-27(40-23)20-5-8-26-24(12-20)29(35-17-34-26)36-22-6-9-28(25(31)13-22)39-16-19-3-2-4-21(32)11-19/h2-13,17-18,33H,14-16H2,1H3,(H,37,38)(H,34,35,36). The van der Waals surface area contributed by atoms with Crippen LogP contribution in [0.25, 0.3) is 22.2 Å². The van der Waals surface area contributed by atoms with Crippen molar-refractivity contribution < 1.29 is 23.4 Å². The van der Waals surface area contributed by atoms with E-state index in [1.54, 1.807) is 31.2 Å². The highest BCUT2D eigenvalue weighted by Gasteiger charge is 2.13. The first kappa shape index (κ1) is 27.1. The number of anilines is 2. The molecule has 1 atom stereocenters. The van der Waals surface area contributed by atoms with Gasteiger partial charge in [0.1, 0.15) is 41.8 Å². The maximum atomic E-state index is 13.4. The predicted molar refractivity (Wildman–Crippen MR) is 151 cm³/mol. The lowest BCUT2D eigenvalue weighted by Crippen LogP contribution is -2.25. The molecule has 3 N–H and O–H groups in total. The molecule has 0 aliphatic carbocycles. The second kappa shape index (κ2) is 12.1. The molecule has 0 bridgehead atoms. The third-order valence-corrected chi connectivity index (χ3v) is 6.53. The van der Waals surface area contributed by atoms with Crippen LogP contribution >= 0.6 is 11.6 Å². The van der Waals surface area contributed by atoms with Crippen molar-refractivity contribution in [3.63, 3.8) is 0 Å².